The monoisotopic (exact) mass is 270 g/mol. The van der Waals surface area contributed by atoms with Crippen LogP contribution in [0.25, 0.3) is 0 Å². The summed E-state index contributed by atoms with van der Waals surface area (Å²) in [6.45, 7) is 7.87. The first kappa shape index (κ1) is 16.4. The van der Waals surface area contributed by atoms with Crippen LogP contribution >= 0.6 is 0 Å². The summed E-state index contributed by atoms with van der Waals surface area (Å²) in [7, 11) is 0. The van der Waals surface area contributed by atoms with Gasteiger partial charge in [0.2, 0.25) is 5.91 Å². The van der Waals surface area contributed by atoms with Gasteiger partial charge in [0.05, 0.1) is 12.1 Å². The van der Waals surface area contributed by atoms with Crippen LogP contribution in [-0.2, 0) is 9.53 Å². The Kier molecular flexibility index (Phi) is 8.07. The van der Waals surface area contributed by atoms with E-state index in [1.54, 1.807) is 0 Å². The van der Waals surface area contributed by atoms with Gasteiger partial charge in [0.25, 0.3) is 0 Å². The van der Waals surface area contributed by atoms with E-state index in [1.807, 2.05) is 6.92 Å². The van der Waals surface area contributed by atoms with Crippen LogP contribution in [0.4, 0.5) is 0 Å². The van der Waals surface area contributed by atoms with Gasteiger partial charge in [0.1, 0.15) is 0 Å². The predicted octanol–water partition coefficient (Wildman–Crippen LogP) is 2.23. The molecule has 0 aromatic carbocycles. The Bertz CT molecular complexity index is 253. The first-order valence-corrected chi connectivity index (χ1v) is 7.78. The zero-order valence-corrected chi connectivity index (χ0v) is 12.7. The molecule has 112 valence electrons. The summed E-state index contributed by atoms with van der Waals surface area (Å²) >= 11 is 0. The second-order valence-electron chi connectivity index (χ2n) is 5.65. The molecule has 2 N–H and O–H groups in total. The van der Waals surface area contributed by atoms with Crippen LogP contribution < -0.4 is 10.6 Å². The van der Waals surface area contributed by atoms with Crippen LogP contribution in [-0.4, -0.2) is 37.2 Å². The lowest BCUT2D eigenvalue weighted by molar-refractivity contribution is -0.123. The van der Waals surface area contributed by atoms with Gasteiger partial charge in [0, 0.05) is 12.6 Å². The molecule has 4 nitrogen and oxygen atoms in total. The van der Waals surface area contributed by atoms with Crippen molar-refractivity contribution in [2.45, 2.75) is 77.5 Å². The Morgan fingerprint density at radius 1 is 1.37 bits per heavy atom. The number of hydrogen-bond acceptors (Lipinski definition) is 3. The van der Waals surface area contributed by atoms with Gasteiger partial charge in [-0.1, -0.05) is 13.3 Å². The standard InChI is InChI=1S/C15H30N2O2/c1-4-7-12(2)17-15(18)13(3)16-10-9-14-8-5-6-11-19-14/h12-14,16H,4-11H2,1-3H3,(H,17,18). The maximum absolute atomic E-state index is 11.9. The molecule has 3 unspecified atom stereocenters. The van der Waals surface area contributed by atoms with Crippen LogP contribution in [0.1, 0.15) is 59.3 Å². The topological polar surface area (TPSA) is 50.4 Å². The Balaban J connectivity index is 2.11. The Morgan fingerprint density at radius 3 is 2.79 bits per heavy atom. The quantitative estimate of drug-likeness (QED) is 0.711. The van der Waals surface area contributed by atoms with Crippen LogP contribution in [0.15, 0.2) is 0 Å². The molecule has 1 fully saturated rings. The highest BCUT2D eigenvalue weighted by Crippen LogP contribution is 2.14. The van der Waals surface area contributed by atoms with E-state index in [1.165, 1.54) is 12.8 Å². The molecular formula is C15H30N2O2. The molecule has 0 aromatic heterocycles. The second kappa shape index (κ2) is 9.32. The molecule has 1 rings (SSSR count). The van der Waals surface area contributed by atoms with E-state index >= 15 is 0 Å². The smallest absolute Gasteiger partial charge is 0.237 e. The third-order valence-electron chi connectivity index (χ3n) is 3.69. The third kappa shape index (κ3) is 6.92. The lowest BCUT2D eigenvalue weighted by Gasteiger charge is -2.23. The van der Waals surface area contributed by atoms with Crippen molar-refractivity contribution in [2.24, 2.45) is 0 Å². The fraction of sp³-hybridized carbons (Fsp3) is 0.933. The highest BCUT2D eigenvalue weighted by Gasteiger charge is 2.16. The molecule has 3 atom stereocenters. The van der Waals surface area contributed by atoms with Gasteiger partial charge in [-0.3, -0.25) is 4.79 Å². The Labute approximate surface area is 117 Å². The zero-order chi connectivity index (χ0) is 14.1. The first-order valence-electron chi connectivity index (χ1n) is 7.78. The minimum atomic E-state index is -0.122. The molecule has 0 radical (unpaired) electrons. The van der Waals surface area contributed by atoms with Crippen molar-refractivity contribution >= 4 is 5.91 Å². The number of hydrogen-bond donors (Lipinski definition) is 2. The molecule has 1 heterocycles. The fourth-order valence-corrected chi connectivity index (χ4v) is 2.46. The molecule has 4 heteroatoms. The average Bonchev–Trinajstić information content (AvgIpc) is 2.40. The van der Waals surface area contributed by atoms with E-state index in [0.29, 0.717) is 6.10 Å². The van der Waals surface area contributed by atoms with Crippen LogP contribution in [0, 0.1) is 0 Å². The molecule has 0 saturated carbocycles. The van der Waals surface area contributed by atoms with Crippen LogP contribution in [0.2, 0.25) is 0 Å². The number of nitrogens with one attached hydrogen (secondary N) is 2. The number of carbonyl (C=O) groups excluding carboxylic acids is 1. The minimum Gasteiger partial charge on any atom is -0.378 e. The van der Waals surface area contributed by atoms with Crippen molar-refractivity contribution in [2.75, 3.05) is 13.2 Å². The summed E-state index contributed by atoms with van der Waals surface area (Å²) < 4.78 is 5.68. The largest absolute Gasteiger partial charge is 0.378 e. The maximum atomic E-state index is 11.9. The Hall–Kier alpha value is -0.610. The molecule has 0 aliphatic carbocycles. The average molecular weight is 270 g/mol. The van der Waals surface area contributed by atoms with E-state index in [2.05, 4.69) is 24.5 Å². The summed E-state index contributed by atoms with van der Waals surface area (Å²) in [4.78, 5) is 11.9. The number of ether oxygens (including phenoxy) is 1. The predicted molar refractivity (Wildman–Crippen MR) is 78.2 cm³/mol. The van der Waals surface area contributed by atoms with Crippen molar-refractivity contribution < 1.29 is 9.53 Å². The third-order valence-corrected chi connectivity index (χ3v) is 3.69. The molecule has 0 spiro atoms. The zero-order valence-electron chi connectivity index (χ0n) is 12.7. The minimum absolute atomic E-state index is 0.102. The van der Waals surface area contributed by atoms with Crippen molar-refractivity contribution in [1.82, 2.24) is 10.6 Å². The van der Waals surface area contributed by atoms with Crippen molar-refractivity contribution in [3.05, 3.63) is 0 Å². The molecule has 1 amide bonds. The van der Waals surface area contributed by atoms with Gasteiger partial charge in [-0.05, 0) is 52.5 Å². The van der Waals surface area contributed by atoms with E-state index in [0.717, 1.165) is 38.8 Å². The molecule has 1 aliphatic heterocycles. The Morgan fingerprint density at radius 2 is 2.16 bits per heavy atom. The van der Waals surface area contributed by atoms with Crippen molar-refractivity contribution in [1.29, 1.82) is 0 Å². The van der Waals surface area contributed by atoms with E-state index in [-0.39, 0.29) is 18.0 Å². The fourth-order valence-electron chi connectivity index (χ4n) is 2.46. The van der Waals surface area contributed by atoms with Crippen LogP contribution in [0.3, 0.4) is 0 Å². The van der Waals surface area contributed by atoms with Crippen molar-refractivity contribution in [3.63, 3.8) is 0 Å². The summed E-state index contributed by atoms with van der Waals surface area (Å²) in [6, 6.07) is 0.145. The summed E-state index contributed by atoms with van der Waals surface area (Å²) in [6.07, 6.45) is 7.15. The van der Waals surface area contributed by atoms with Crippen molar-refractivity contribution in [3.8, 4) is 0 Å². The maximum Gasteiger partial charge on any atom is 0.237 e. The SMILES string of the molecule is CCCC(C)NC(=O)C(C)NCCC1CCCCO1. The van der Waals surface area contributed by atoms with Gasteiger partial charge < -0.3 is 15.4 Å². The molecule has 1 aliphatic rings. The molecular weight excluding hydrogens is 240 g/mol. The molecule has 0 aromatic rings. The van der Waals surface area contributed by atoms with E-state index in [9.17, 15) is 4.79 Å². The lowest BCUT2D eigenvalue weighted by atomic mass is 10.1. The summed E-state index contributed by atoms with van der Waals surface area (Å²) in [5.41, 5.74) is 0. The highest BCUT2D eigenvalue weighted by molar-refractivity contribution is 5.81. The van der Waals surface area contributed by atoms with Gasteiger partial charge in [-0.15, -0.1) is 0 Å². The van der Waals surface area contributed by atoms with E-state index < -0.39 is 0 Å². The normalized spacial score (nSPS) is 22.8. The number of amides is 1. The highest BCUT2D eigenvalue weighted by atomic mass is 16.5. The molecule has 0 bridgehead atoms. The van der Waals surface area contributed by atoms with Gasteiger partial charge in [-0.2, -0.15) is 0 Å². The van der Waals surface area contributed by atoms with Gasteiger partial charge in [0.15, 0.2) is 0 Å². The first-order chi connectivity index (χ1) is 9.13. The molecule has 19 heavy (non-hydrogen) atoms. The molecule has 1 saturated heterocycles. The van der Waals surface area contributed by atoms with E-state index in [4.69, 9.17) is 4.74 Å². The number of rotatable bonds is 8. The van der Waals surface area contributed by atoms with Gasteiger partial charge >= 0.3 is 0 Å². The van der Waals surface area contributed by atoms with Gasteiger partial charge in [-0.25, -0.2) is 0 Å². The second-order valence-corrected chi connectivity index (χ2v) is 5.65. The number of carbonyl (C=O) groups is 1. The summed E-state index contributed by atoms with van der Waals surface area (Å²) in [5, 5.41) is 6.32. The lowest BCUT2D eigenvalue weighted by Crippen LogP contribution is -2.46. The van der Waals surface area contributed by atoms with Crippen LogP contribution in [0.5, 0.6) is 0 Å². The summed E-state index contributed by atoms with van der Waals surface area (Å²) in [5.74, 6) is 0.102.